The van der Waals surface area contributed by atoms with Gasteiger partial charge in [0.2, 0.25) is 11.2 Å². The molecule has 2 heterocycles. The number of ether oxygens (including phenoxy) is 2. The van der Waals surface area contributed by atoms with Crippen molar-refractivity contribution >= 4 is 16.9 Å². The van der Waals surface area contributed by atoms with Crippen molar-refractivity contribution in [3.8, 4) is 22.6 Å². The third kappa shape index (κ3) is 4.59. The van der Waals surface area contributed by atoms with Gasteiger partial charge in [0.1, 0.15) is 17.1 Å². The monoisotopic (exact) mass is 451 g/mol. The summed E-state index contributed by atoms with van der Waals surface area (Å²) in [7, 11) is 1.56. The van der Waals surface area contributed by atoms with Crippen molar-refractivity contribution < 1.29 is 23.8 Å². The Bertz CT molecular complexity index is 1210. The molecule has 7 heteroatoms. The van der Waals surface area contributed by atoms with Crippen LogP contribution < -0.4 is 10.2 Å². The smallest absolute Gasteiger partial charge is 0.375 e. The molecule has 0 unspecified atom stereocenters. The molecule has 7 nitrogen and oxygen atoms in total. The first kappa shape index (κ1) is 22.9. The number of nitrogens with zero attached hydrogens (tertiary/aromatic N) is 1. The second-order valence-electron chi connectivity index (χ2n) is 8.51. The highest BCUT2D eigenvalue weighted by Crippen LogP contribution is 2.33. The first-order valence-corrected chi connectivity index (χ1v) is 11.3. The number of benzene rings is 2. The maximum absolute atomic E-state index is 13.6. The van der Waals surface area contributed by atoms with Crippen molar-refractivity contribution in [2.24, 2.45) is 5.92 Å². The molecular weight excluding hydrogens is 422 g/mol. The highest BCUT2D eigenvalue weighted by atomic mass is 16.5. The molecular formula is C26H29NO6. The minimum Gasteiger partial charge on any atom is -0.507 e. The number of phenolic OH excluding ortho intramolecular Hbond substituents is 1. The number of phenols is 1. The van der Waals surface area contributed by atoms with Gasteiger partial charge < -0.3 is 19.0 Å². The largest absolute Gasteiger partial charge is 0.507 e. The van der Waals surface area contributed by atoms with Gasteiger partial charge in [-0.2, -0.15) is 0 Å². The van der Waals surface area contributed by atoms with Crippen LogP contribution in [0.15, 0.2) is 45.6 Å². The van der Waals surface area contributed by atoms with E-state index < -0.39 is 5.97 Å². The highest BCUT2D eigenvalue weighted by molar-refractivity contribution is 5.98. The number of fused-ring (bicyclic) bond motifs is 1. The molecule has 2 aromatic carbocycles. The van der Waals surface area contributed by atoms with Crippen LogP contribution in [0, 0.1) is 5.92 Å². The van der Waals surface area contributed by atoms with Crippen LogP contribution in [0.2, 0.25) is 0 Å². The van der Waals surface area contributed by atoms with Gasteiger partial charge in [0.05, 0.1) is 30.2 Å². The number of aromatic hydroxyl groups is 1. The van der Waals surface area contributed by atoms with E-state index in [0.29, 0.717) is 34.7 Å². The van der Waals surface area contributed by atoms with Gasteiger partial charge in [-0.05, 0) is 62.1 Å². The lowest BCUT2D eigenvalue weighted by atomic mass is 9.98. The Morgan fingerprint density at radius 1 is 1.21 bits per heavy atom. The van der Waals surface area contributed by atoms with Gasteiger partial charge in [-0.1, -0.05) is 19.1 Å². The Morgan fingerprint density at radius 3 is 2.64 bits per heavy atom. The van der Waals surface area contributed by atoms with Crippen LogP contribution in [0.5, 0.6) is 11.5 Å². The Kier molecular flexibility index (Phi) is 6.70. The van der Waals surface area contributed by atoms with Crippen LogP contribution in [0.1, 0.15) is 42.8 Å². The van der Waals surface area contributed by atoms with Gasteiger partial charge in [0, 0.05) is 13.1 Å². The molecule has 1 aliphatic rings. The quantitative estimate of drug-likeness (QED) is 0.549. The fourth-order valence-electron chi connectivity index (χ4n) is 4.47. The molecule has 1 saturated heterocycles. The molecule has 1 fully saturated rings. The summed E-state index contributed by atoms with van der Waals surface area (Å²) in [5.74, 6) is 0.335. The first-order chi connectivity index (χ1) is 15.9. The summed E-state index contributed by atoms with van der Waals surface area (Å²) >= 11 is 0. The van der Waals surface area contributed by atoms with Crippen molar-refractivity contribution in [1.29, 1.82) is 0 Å². The van der Waals surface area contributed by atoms with E-state index in [0.717, 1.165) is 19.5 Å². The fraction of sp³-hybridized carbons (Fsp3) is 0.385. The summed E-state index contributed by atoms with van der Waals surface area (Å²) in [4.78, 5) is 28.7. The molecule has 4 rings (SSSR count). The SMILES string of the molecule is CCOC(=O)c1oc2c(CN3CCC[C@@H](C)C3)c(O)ccc2c(=O)c1-c1ccc(OC)cc1. The van der Waals surface area contributed by atoms with Gasteiger partial charge in [-0.3, -0.25) is 9.69 Å². The van der Waals surface area contributed by atoms with E-state index >= 15 is 0 Å². The average Bonchev–Trinajstić information content (AvgIpc) is 2.81. The summed E-state index contributed by atoms with van der Waals surface area (Å²) in [6.07, 6.45) is 2.25. The summed E-state index contributed by atoms with van der Waals surface area (Å²) in [6.45, 7) is 6.27. The fourth-order valence-corrected chi connectivity index (χ4v) is 4.47. The predicted molar refractivity (Wildman–Crippen MR) is 126 cm³/mol. The third-order valence-electron chi connectivity index (χ3n) is 6.10. The molecule has 0 aliphatic carbocycles. The number of carbonyl (C=O) groups excluding carboxylic acids is 1. The molecule has 1 aliphatic heterocycles. The van der Waals surface area contributed by atoms with Crippen molar-refractivity contribution in [1.82, 2.24) is 4.90 Å². The van der Waals surface area contributed by atoms with E-state index in [4.69, 9.17) is 13.9 Å². The lowest BCUT2D eigenvalue weighted by Crippen LogP contribution is -2.33. The Hall–Kier alpha value is -3.32. The molecule has 0 saturated carbocycles. The van der Waals surface area contributed by atoms with Crippen molar-refractivity contribution in [3.05, 3.63) is 57.9 Å². The maximum Gasteiger partial charge on any atom is 0.375 e. The normalized spacial score (nSPS) is 16.6. The third-order valence-corrected chi connectivity index (χ3v) is 6.10. The maximum atomic E-state index is 13.6. The second-order valence-corrected chi connectivity index (χ2v) is 8.51. The Balaban J connectivity index is 1.90. The molecule has 0 spiro atoms. The molecule has 33 heavy (non-hydrogen) atoms. The number of hydrogen-bond acceptors (Lipinski definition) is 7. The van der Waals surface area contributed by atoms with Gasteiger partial charge >= 0.3 is 5.97 Å². The number of methoxy groups -OCH3 is 1. The Morgan fingerprint density at radius 2 is 1.97 bits per heavy atom. The molecule has 0 amide bonds. The van der Waals surface area contributed by atoms with Gasteiger partial charge in [-0.15, -0.1) is 0 Å². The van der Waals surface area contributed by atoms with E-state index in [1.54, 1.807) is 44.4 Å². The molecule has 174 valence electrons. The topological polar surface area (TPSA) is 89.2 Å². The average molecular weight is 452 g/mol. The number of esters is 1. The van der Waals surface area contributed by atoms with Crippen LogP contribution in [0.3, 0.4) is 0 Å². The lowest BCUT2D eigenvalue weighted by molar-refractivity contribution is 0.0492. The van der Waals surface area contributed by atoms with Crippen molar-refractivity contribution in [2.75, 3.05) is 26.8 Å². The van der Waals surface area contributed by atoms with E-state index in [1.165, 1.54) is 12.5 Å². The zero-order chi connectivity index (χ0) is 23.5. The number of likely N-dealkylation sites (tertiary alicyclic amines) is 1. The molecule has 1 N–H and O–H groups in total. The van der Waals surface area contributed by atoms with Gasteiger partial charge in [-0.25, -0.2) is 4.79 Å². The zero-order valence-corrected chi connectivity index (χ0v) is 19.2. The van der Waals surface area contributed by atoms with Crippen molar-refractivity contribution in [3.63, 3.8) is 0 Å². The predicted octanol–water partition coefficient (Wildman–Crippen LogP) is 4.58. The minimum absolute atomic E-state index is 0.0379. The number of piperidine rings is 1. The first-order valence-electron chi connectivity index (χ1n) is 11.3. The van der Waals surface area contributed by atoms with E-state index in [-0.39, 0.29) is 34.7 Å². The van der Waals surface area contributed by atoms with E-state index in [1.807, 2.05) is 0 Å². The van der Waals surface area contributed by atoms with E-state index in [9.17, 15) is 14.7 Å². The molecule has 1 atom stereocenters. The van der Waals surface area contributed by atoms with Crippen molar-refractivity contribution in [2.45, 2.75) is 33.2 Å². The zero-order valence-electron chi connectivity index (χ0n) is 19.2. The minimum atomic E-state index is -0.719. The molecule has 1 aromatic heterocycles. The van der Waals surface area contributed by atoms with Gasteiger partial charge in [0.25, 0.3) is 0 Å². The van der Waals surface area contributed by atoms with E-state index in [2.05, 4.69) is 11.8 Å². The second kappa shape index (κ2) is 9.67. The molecule has 0 bridgehead atoms. The summed E-state index contributed by atoms with van der Waals surface area (Å²) in [5, 5.41) is 11.0. The standard InChI is InChI=1S/C26H29NO6/c1-4-32-26(30)25-22(17-7-9-18(31-3)10-8-17)23(29)19-11-12-21(28)20(24(19)33-25)15-27-13-5-6-16(2)14-27/h7-12,16,28H,4-6,13-15H2,1-3H3/t16-/m1/s1. The number of carbonyl (C=O) groups is 1. The summed E-state index contributed by atoms with van der Waals surface area (Å²) in [6, 6.07) is 9.90. The number of rotatable bonds is 6. The molecule has 3 aromatic rings. The number of hydrogen-bond donors (Lipinski definition) is 1. The summed E-state index contributed by atoms with van der Waals surface area (Å²) < 4.78 is 16.5. The highest BCUT2D eigenvalue weighted by Gasteiger charge is 2.26. The van der Waals surface area contributed by atoms with Gasteiger partial charge in [0.15, 0.2) is 0 Å². The Labute approximate surface area is 192 Å². The van der Waals surface area contributed by atoms with Crippen LogP contribution in [0.25, 0.3) is 22.1 Å². The van der Waals surface area contributed by atoms with Crippen LogP contribution in [-0.4, -0.2) is 42.8 Å². The lowest BCUT2D eigenvalue weighted by Gasteiger charge is -2.31. The van der Waals surface area contributed by atoms with Crippen LogP contribution in [-0.2, 0) is 11.3 Å². The molecule has 0 radical (unpaired) electrons. The van der Waals surface area contributed by atoms with Crippen LogP contribution in [0.4, 0.5) is 0 Å². The summed E-state index contributed by atoms with van der Waals surface area (Å²) in [5.41, 5.74) is 1.03. The van der Waals surface area contributed by atoms with Crippen LogP contribution >= 0.6 is 0 Å².